The van der Waals surface area contributed by atoms with Crippen molar-refractivity contribution in [2.75, 3.05) is 13.6 Å². The van der Waals surface area contributed by atoms with Gasteiger partial charge in [0, 0.05) is 35.5 Å². The summed E-state index contributed by atoms with van der Waals surface area (Å²) in [6, 6.07) is 12.3. The number of nitrogens with zero attached hydrogens (tertiary/aromatic N) is 2. The van der Waals surface area contributed by atoms with Crippen molar-refractivity contribution in [3.05, 3.63) is 64.4 Å². The summed E-state index contributed by atoms with van der Waals surface area (Å²) in [6.07, 6.45) is 1.91. The van der Waals surface area contributed by atoms with Crippen LogP contribution in [0.1, 0.15) is 35.8 Å². The molecule has 2 aromatic rings. The van der Waals surface area contributed by atoms with E-state index in [1.807, 2.05) is 37.4 Å². The summed E-state index contributed by atoms with van der Waals surface area (Å²) in [7, 11) is 2.07. The number of aryl methyl sites for hydroxylation is 1. The lowest BCUT2D eigenvalue weighted by Gasteiger charge is -2.33. The Labute approximate surface area is 131 Å². The highest BCUT2D eigenvalue weighted by Crippen LogP contribution is 2.31. The fraction of sp³-hybridized carbons (Fsp3) is 0.353. The van der Waals surface area contributed by atoms with E-state index in [-0.39, 0.29) is 12.1 Å². The predicted molar refractivity (Wildman–Crippen MR) is 88.4 cm³/mol. The van der Waals surface area contributed by atoms with Gasteiger partial charge in [-0.15, -0.1) is 0 Å². The SMILES string of the molecule is Cc1ccc(C(CN)N(C)C(C)c2ccccc2Cl)cn1. The lowest BCUT2D eigenvalue weighted by molar-refractivity contribution is 0.190. The second-order valence-electron chi connectivity index (χ2n) is 5.35. The van der Waals surface area contributed by atoms with Crippen molar-refractivity contribution in [1.82, 2.24) is 9.88 Å². The number of aromatic nitrogens is 1. The molecule has 0 aliphatic carbocycles. The molecule has 0 bridgehead atoms. The zero-order valence-corrected chi connectivity index (χ0v) is 13.5. The maximum Gasteiger partial charge on any atom is 0.0488 e. The lowest BCUT2D eigenvalue weighted by Crippen LogP contribution is -2.33. The van der Waals surface area contributed by atoms with E-state index in [1.165, 1.54) is 0 Å². The molecule has 0 spiro atoms. The zero-order chi connectivity index (χ0) is 15.4. The highest BCUT2D eigenvalue weighted by Gasteiger charge is 2.22. The normalized spacial score (nSPS) is 14.2. The van der Waals surface area contributed by atoms with Gasteiger partial charge in [0.15, 0.2) is 0 Å². The lowest BCUT2D eigenvalue weighted by atomic mass is 10.0. The van der Waals surface area contributed by atoms with Crippen molar-refractivity contribution in [2.24, 2.45) is 5.73 Å². The van der Waals surface area contributed by atoms with Crippen LogP contribution in [-0.4, -0.2) is 23.5 Å². The van der Waals surface area contributed by atoms with E-state index >= 15 is 0 Å². The molecule has 2 unspecified atom stereocenters. The standard InChI is InChI=1S/C17H22ClN3/c1-12-8-9-14(11-20-12)17(10-19)21(3)13(2)15-6-4-5-7-16(15)18/h4-9,11,13,17H,10,19H2,1-3H3. The van der Waals surface area contributed by atoms with Gasteiger partial charge in [-0.3, -0.25) is 9.88 Å². The van der Waals surface area contributed by atoms with E-state index in [0.717, 1.165) is 21.8 Å². The average molecular weight is 304 g/mol. The Hall–Kier alpha value is -1.42. The van der Waals surface area contributed by atoms with E-state index in [0.29, 0.717) is 6.54 Å². The number of pyridine rings is 1. The summed E-state index contributed by atoms with van der Waals surface area (Å²) >= 11 is 6.31. The maximum atomic E-state index is 6.31. The molecule has 2 rings (SSSR count). The molecular weight excluding hydrogens is 282 g/mol. The summed E-state index contributed by atoms with van der Waals surface area (Å²) in [4.78, 5) is 6.62. The van der Waals surface area contributed by atoms with E-state index in [1.54, 1.807) is 0 Å². The van der Waals surface area contributed by atoms with Crippen molar-refractivity contribution >= 4 is 11.6 Å². The van der Waals surface area contributed by atoms with E-state index < -0.39 is 0 Å². The van der Waals surface area contributed by atoms with Gasteiger partial charge >= 0.3 is 0 Å². The molecule has 3 nitrogen and oxygen atoms in total. The molecule has 2 N–H and O–H groups in total. The molecule has 4 heteroatoms. The van der Waals surface area contributed by atoms with Crippen LogP contribution in [0.2, 0.25) is 5.02 Å². The number of halogens is 1. The molecule has 0 saturated carbocycles. The number of likely N-dealkylation sites (N-methyl/N-ethyl adjacent to an activating group) is 1. The van der Waals surface area contributed by atoms with Crippen LogP contribution in [0, 0.1) is 6.92 Å². The van der Waals surface area contributed by atoms with Crippen LogP contribution in [0.15, 0.2) is 42.6 Å². The Morgan fingerprint density at radius 2 is 1.95 bits per heavy atom. The predicted octanol–water partition coefficient (Wildman–Crippen LogP) is 3.74. The summed E-state index contributed by atoms with van der Waals surface area (Å²) in [5.41, 5.74) is 9.25. The Kier molecular flexibility index (Phi) is 5.34. The van der Waals surface area contributed by atoms with E-state index in [4.69, 9.17) is 17.3 Å². The molecule has 0 amide bonds. The molecule has 2 atom stereocenters. The van der Waals surface area contributed by atoms with Crippen LogP contribution in [0.25, 0.3) is 0 Å². The van der Waals surface area contributed by atoms with Crippen LogP contribution >= 0.6 is 11.6 Å². The minimum atomic E-state index is 0.115. The van der Waals surface area contributed by atoms with Gasteiger partial charge in [0.25, 0.3) is 0 Å². The second kappa shape index (κ2) is 7.03. The molecule has 0 radical (unpaired) electrons. The maximum absolute atomic E-state index is 6.31. The van der Waals surface area contributed by atoms with Gasteiger partial charge in [-0.2, -0.15) is 0 Å². The number of hydrogen-bond donors (Lipinski definition) is 1. The van der Waals surface area contributed by atoms with E-state index in [2.05, 4.69) is 36.0 Å². The highest BCUT2D eigenvalue weighted by atomic mass is 35.5. The Morgan fingerprint density at radius 3 is 2.52 bits per heavy atom. The third-order valence-corrected chi connectivity index (χ3v) is 4.34. The first-order valence-electron chi connectivity index (χ1n) is 7.13. The van der Waals surface area contributed by atoms with E-state index in [9.17, 15) is 0 Å². The summed E-state index contributed by atoms with van der Waals surface area (Å²) in [6.45, 7) is 4.67. The number of benzene rings is 1. The molecule has 0 aliphatic heterocycles. The van der Waals surface area contributed by atoms with Crippen LogP contribution in [-0.2, 0) is 0 Å². The monoisotopic (exact) mass is 303 g/mol. The molecule has 21 heavy (non-hydrogen) atoms. The van der Waals surface area contributed by atoms with Gasteiger partial charge in [0.1, 0.15) is 0 Å². The van der Waals surface area contributed by atoms with Crippen molar-refractivity contribution in [2.45, 2.75) is 25.9 Å². The van der Waals surface area contributed by atoms with Crippen LogP contribution in [0.5, 0.6) is 0 Å². The minimum Gasteiger partial charge on any atom is -0.329 e. The highest BCUT2D eigenvalue weighted by molar-refractivity contribution is 6.31. The largest absolute Gasteiger partial charge is 0.329 e. The third kappa shape index (κ3) is 3.62. The van der Waals surface area contributed by atoms with Gasteiger partial charge in [-0.05, 0) is 44.2 Å². The smallest absolute Gasteiger partial charge is 0.0488 e. The first-order valence-corrected chi connectivity index (χ1v) is 7.51. The summed E-state index contributed by atoms with van der Waals surface area (Å²) in [5, 5.41) is 0.787. The van der Waals surface area contributed by atoms with Gasteiger partial charge in [-0.1, -0.05) is 35.9 Å². The van der Waals surface area contributed by atoms with Crippen LogP contribution in [0.4, 0.5) is 0 Å². The molecule has 1 heterocycles. The van der Waals surface area contributed by atoms with Crippen molar-refractivity contribution in [1.29, 1.82) is 0 Å². The first-order chi connectivity index (χ1) is 10.0. The van der Waals surface area contributed by atoms with Gasteiger partial charge < -0.3 is 5.73 Å². The minimum absolute atomic E-state index is 0.115. The van der Waals surface area contributed by atoms with Gasteiger partial charge in [0.05, 0.1) is 0 Å². The molecule has 0 fully saturated rings. The third-order valence-electron chi connectivity index (χ3n) is 4.00. The molecule has 0 saturated heterocycles. The number of hydrogen-bond acceptors (Lipinski definition) is 3. The average Bonchev–Trinajstić information content (AvgIpc) is 2.49. The molecular formula is C17H22ClN3. The summed E-state index contributed by atoms with van der Waals surface area (Å²) in [5.74, 6) is 0. The molecule has 1 aromatic heterocycles. The Morgan fingerprint density at radius 1 is 1.24 bits per heavy atom. The van der Waals surface area contributed by atoms with Gasteiger partial charge in [-0.25, -0.2) is 0 Å². The quantitative estimate of drug-likeness (QED) is 0.915. The van der Waals surface area contributed by atoms with Crippen LogP contribution < -0.4 is 5.73 Å². The zero-order valence-electron chi connectivity index (χ0n) is 12.8. The van der Waals surface area contributed by atoms with Crippen molar-refractivity contribution in [3.8, 4) is 0 Å². The molecule has 0 aliphatic rings. The molecule has 1 aromatic carbocycles. The molecule has 112 valence electrons. The number of rotatable bonds is 5. The second-order valence-corrected chi connectivity index (χ2v) is 5.75. The Balaban J connectivity index is 2.25. The summed E-state index contributed by atoms with van der Waals surface area (Å²) < 4.78 is 0. The van der Waals surface area contributed by atoms with Crippen molar-refractivity contribution in [3.63, 3.8) is 0 Å². The number of nitrogens with two attached hydrogens (primary N) is 1. The first kappa shape index (κ1) is 16.0. The fourth-order valence-corrected chi connectivity index (χ4v) is 2.81. The fourth-order valence-electron chi connectivity index (χ4n) is 2.52. The van der Waals surface area contributed by atoms with Gasteiger partial charge in [0.2, 0.25) is 0 Å². The van der Waals surface area contributed by atoms with Crippen LogP contribution in [0.3, 0.4) is 0 Å². The topological polar surface area (TPSA) is 42.1 Å². The Bertz CT molecular complexity index is 583. The van der Waals surface area contributed by atoms with Crippen molar-refractivity contribution < 1.29 is 0 Å².